The number of thiazole rings is 1. The first-order valence-corrected chi connectivity index (χ1v) is 8.59. The van der Waals surface area contributed by atoms with E-state index in [1.54, 1.807) is 11.3 Å². The van der Waals surface area contributed by atoms with Gasteiger partial charge in [0.25, 0.3) is 0 Å². The van der Waals surface area contributed by atoms with E-state index >= 15 is 0 Å². The number of anilines is 1. The number of piperidine rings is 2. The molecule has 1 aromatic heterocycles. The third-order valence-electron chi connectivity index (χ3n) is 4.85. The summed E-state index contributed by atoms with van der Waals surface area (Å²) in [6.07, 6.45) is 5.14. The molecule has 0 bridgehead atoms. The molecule has 1 N–H and O–H groups in total. The Morgan fingerprint density at radius 2 is 2.10 bits per heavy atom. The van der Waals surface area contributed by atoms with Crippen LogP contribution in [0.1, 0.15) is 47.5 Å². The van der Waals surface area contributed by atoms with Gasteiger partial charge in [-0.1, -0.05) is 11.3 Å². The minimum Gasteiger partial charge on any atom is -0.353 e. The number of nitrogens with zero attached hydrogens (tertiary/aromatic N) is 2. The lowest BCUT2D eigenvalue weighted by Crippen LogP contribution is -2.54. The fourth-order valence-corrected chi connectivity index (χ4v) is 4.79. The van der Waals surface area contributed by atoms with Crippen LogP contribution in [0.2, 0.25) is 0 Å². The van der Waals surface area contributed by atoms with Gasteiger partial charge in [-0.3, -0.25) is 9.59 Å². The predicted octanol–water partition coefficient (Wildman–Crippen LogP) is 1.77. The first-order valence-electron chi connectivity index (χ1n) is 7.78. The molecule has 21 heavy (non-hydrogen) atoms. The Kier molecular flexibility index (Phi) is 3.21. The Hall–Kier alpha value is -1.43. The lowest BCUT2D eigenvalue weighted by atomic mass is 9.85. The topological polar surface area (TPSA) is 62.3 Å². The number of ketones is 1. The number of fused-ring (bicyclic) bond motifs is 2. The Labute approximate surface area is 127 Å². The number of hydrogen-bond acceptors (Lipinski definition) is 5. The summed E-state index contributed by atoms with van der Waals surface area (Å²) in [5, 5.41) is 4.11. The van der Waals surface area contributed by atoms with E-state index in [1.165, 1.54) is 0 Å². The van der Waals surface area contributed by atoms with Crippen molar-refractivity contribution in [3.8, 4) is 0 Å². The molecule has 6 heteroatoms. The molecule has 2 unspecified atom stereocenters. The summed E-state index contributed by atoms with van der Waals surface area (Å²) in [5.41, 5.74) is 1.00. The predicted molar refractivity (Wildman–Crippen MR) is 80.9 cm³/mol. The zero-order valence-corrected chi connectivity index (χ0v) is 12.7. The van der Waals surface area contributed by atoms with Gasteiger partial charge in [0.1, 0.15) is 0 Å². The third-order valence-corrected chi connectivity index (χ3v) is 6.05. The van der Waals surface area contributed by atoms with Crippen molar-refractivity contribution in [1.82, 2.24) is 10.3 Å². The van der Waals surface area contributed by atoms with Gasteiger partial charge < -0.3 is 10.2 Å². The summed E-state index contributed by atoms with van der Waals surface area (Å²) >= 11 is 1.57. The molecule has 2 fully saturated rings. The number of aryl methyl sites for hydroxylation is 1. The number of amides is 1. The normalized spacial score (nSPS) is 28.9. The average Bonchev–Trinajstić information content (AvgIpc) is 2.92. The lowest BCUT2D eigenvalue weighted by molar-refractivity contribution is -0.124. The Bertz CT molecular complexity index is 598. The van der Waals surface area contributed by atoms with E-state index in [9.17, 15) is 9.59 Å². The summed E-state index contributed by atoms with van der Waals surface area (Å²) in [5.74, 6) is 0.980. The van der Waals surface area contributed by atoms with Gasteiger partial charge in [0, 0.05) is 32.0 Å². The zero-order valence-electron chi connectivity index (χ0n) is 11.9. The van der Waals surface area contributed by atoms with Gasteiger partial charge in [0.15, 0.2) is 10.9 Å². The fraction of sp³-hybridized carbons (Fsp3) is 0.667. The van der Waals surface area contributed by atoms with Crippen LogP contribution in [0.5, 0.6) is 0 Å². The van der Waals surface area contributed by atoms with Crippen LogP contribution in [0.4, 0.5) is 5.13 Å². The molecule has 0 radical (unpaired) electrons. The van der Waals surface area contributed by atoms with Gasteiger partial charge in [-0.15, -0.1) is 0 Å². The summed E-state index contributed by atoms with van der Waals surface area (Å²) in [6, 6.07) is 0.332. The highest BCUT2D eigenvalue weighted by atomic mass is 32.1. The van der Waals surface area contributed by atoms with Gasteiger partial charge in [-0.2, -0.15) is 0 Å². The number of Topliss-reactive ketones (excluding diaryl/α,β-unsaturated/α-hetero) is 1. The van der Waals surface area contributed by atoms with E-state index in [2.05, 4.69) is 10.2 Å². The van der Waals surface area contributed by atoms with Gasteiger partial charge in [-0.25, -0.2) is 4.98 Å². The van der Waals surface area contributed by atoms with Crippen LogP contribution in [0.25, 0.3) is 0 Å². The van der Waals surface area contributed by atoms with Crippen LogP contribution in [-0.4, -0.2) is 35.8 Å². The molecule has 2 aliphatic heterocycles. The molecule has 2 atom stereocenters. The van der Waals surface area contributed by atoms with Crippen molar-refractivity contribution < 1.29 is 9.59 Å². The van der Waals surface area contributed by atoms with Crippen LogP contribution in [-0.2, 0) is 11.2 Å². The summed E-state index contributed by atoms with van der Waals surface area (Å²) < 4.78 is 0. The van der Waals surface area contributed by atoms with Gasteiger partial charge in [0.2, 0.25) is 5.91 Å². The number of nitrogens with one attached hydrogen (secondary N) is 1. The minimum atomic E-state index is 0.194. The molecule has 1 amide bonds. The van der Waals surface area contributed by atoms with Crippen molar-refractivity contribution in [1.29, 1.82) is 0 Å². The molecular weight excluding hydrogens is 286 g/mol. The highest BCUT2D eigenvalue weighted by Crippen LogP contribution is 2.35. The molecule has 1 aromatic rings. The zero-order chi connectivity index (χ0) is 14.4. The minimum absolute atomic E-state index is 0.194. The number of hydrogen-bond donors (Lipinski definition) is 1. The summed E-state index contributed by atoms with van der Waals surface area (Å²) in [6.45, 7) is 1.87. The van der Waals surface area contributed by atoms with Gasteiger partial charge in [-0.05, 0) is 31.6 Å². The van der Waals surface area contributed by atoms with E-state index in [4.69, 9.17) is 4.98 Å². The van der Waals surface area contributed by atoms with E-state index in [0.29, 0.717) is 24.8 Å². The van der Waals surface area contributed by atoms with Crippen LogP contribution in [0, 0.1) is 5.92 Å². The smallest absolute Gasteiger partial charge is 0.220 e. The molecule has 3 aliphatic rings. The largest absolute Gasteiger partial charge is 0.353 e. The van der Waals surface area contributed by atoms with E-state index in [0.717, 1.165) is 54.5 Å². The van der Waals surface area contributed by atoms with E-state index in [1.807, 2.05) is 0 Å². The van der Waals surface area contributed by atoms with Gasteiger partial charge >= 0.3 is 0 Å². The van der Waals surface area contributed by atoms with Crippen LogP contribution in [0.15, 0.2) is 0 Å². The van der Waals surface area contributed by atoms with Crippen LogP contribution < -0.4 is 10.2 Å². The second kappa shape index (κ2) is 5.09. The molecule has 1 aliphatic carbocycles. The molecule has 5 nitrogen and oxygen atoms in total. The van der Waals surface area contributed by atoms with Crippen LogP contribution in [0.3, 0.4) is 0 Å². The molecule has 0 spiro atoms. The van der Waals surface area contributed by atoms with E-state index < -0.39 is 0 Å². The van der Waals surface area contributed by atoms with Crippen molar-refractivity contribution in [2.75, 3.05) is 18.0 Å². The lowest BCUT2D eigenvalue weighted by Gasteiger charge is -2.41. The third kappa shape index (κ3) is 2.35. The molecule has 2 saturated heterocycles. The van der Waals surface area contributed by atoms with E-state index in [-0.39, 0.29) is 11.7 Å². The molecule has 4 rings (SSSR count). The van der Waals surface area contributed by atoms with Crippen molar-refractivity contribution >= 4 is 28.2 Å². The second-order valence-electron chi connectivity index (χ2n) is 6.26. The highest BCUT2D eigenvalue weighted by molar-refractivity contribution is 7.17. The molecule has 3 heterocycles. The van der Waals surface area contributed by atoms with Crippen LogP contribution >= 0.6 is 11.3 Å². The monoisotopic (exact) mass is 305 g/mol. The fourth-order valence-electron chi connectivity index (χ4n) is 3.68. The molecule has 112 valence electrons. The molecule has 0 saturated carbocycles. The Morgan fingerprint density at radius 3 is 2.95 bits per heavy atom. The summed E-state index contributed by atoms with van der Waals surface area (Å²) in [7, 11) is 0. The van der Waals surface area contributed by atoms with Crippen molar-refractivity contribution in [2.24, 2.45) is 5.92 Å². The quantitative estimate of drug-likeness (QED) is 0.859. The van der Waals surface area contributed by atoms with Crippen molar-refractivity contribution in [3.05, 3.63) is 10.6 Å². The molecule has 0 aromatic carbocycles. The number of rotatable bonds is 1. The maximum atomic E-state index is 12.0. The Morgan fingerprint density at radius 1 is 1.19 bits per heavy atom. The number of aromatic nitrogens is 1. The first kappa shape index (κ1) is 13.2. The summed E-state index contributed by atoms with van der Waals surface area (Å²) in [4.78, 5) is 31.3. The standard InChI is InChI=1S/C15H19N3O2S/c19-12-3-1-2-11-14(12)21-15(17-11)18-7-6-10-9(8-18)4-5-13(20)16-10/h9-10H,1-8H2,(H,16,20). The highest BCUT2D eigenvalue weighted by Gasteiger charge is 2.35. The molecular formula is C15H19N3O2S. The maximum Gasteiger partial charge on any atom is 0.220 e. The Balaban J connectivity index is 1.53. The number of carbonyl (C=O) groups is 2. The van der Waals surface area contributed by atoms with Gasteiger partial charge in [0.05, 0.1) is 10.6 Å². The average molecular weight is 305 g/mol. The SMILES string of the molecule is O=C1CCC2CN(c3nc4c(s3)C(=O)CCC4)CCC2N1. The number of carbonyl (C=O) groups excluding carboxylic acids is 2. The maximum absolute atomic E-state index is 12.0. The van der Waals surface area contributed by atoms with Crippen molar-refractivity contribution in [2.45, 2.75) is 44.6 Å². The first-order chi connectivity index (χ1) is 10.2. The van der Waals surface area contributed by atoms with Crippen molar-refractivity contribution in [3.63, 3.8) is 0 Å². The second-order valence-corrected chi connectivity index (χ2v) is 7.23.